The van der Waals surface area contributed by atoms with Crippen LogP contribution in [0.4, 0.5) is 0 Å². The van der Waals surface area contributed by atoms with Crippen molar-refractivity contribution in [1.82, 2.24) is 4.90 Å². The summed E-state index contributed by atoms with van der Waals surface area (Å²) in [6.45, 7) is 5.05. The van der Waals surface area contributed by atoms with Gasteiger partial charge in [0.15, 0.2) is 0 Å². The van der Waals surface area contributed by atoms with Crippen LogP contribution in [0.2, 0.25) is 0 Å². The average molecular weight is 261 g/mol. The van der Waals surface area contributed by atoms with Crippen molar-refractivity contribution in [2.45, 2.75) is 32.6 Å². The van der Waals surface area contributed by atoms with Crippen molar-refractivity contribution >= 4 is 5.97 Å². The predicted octanol–water partition coefficient (Wildman–Crippen LogP) is 2.59. The molecule has 1 aliphatic rings. The number of carboxylic acids is 1. The van der Waals surface area contributed by atoms with E-state index in [0.29, 0.717) is 0 Å². The molecule has 19 heavy (non-hydrogen) atoms. The molecule has 1 N–H and O–H groups in total. The highest BCUT2D eigenvalue weighted by Crippen LogP contribution is 2.17. The monoisotopic (exact) mass is 261 g/mol. The van der Waals surface area contributed by atoms with Gasteiger partial charge in [0.2, 0.25) is 0 Å². The van der Waals surface area contributed by atoms with Gasteiger partial charge in [0, 0.05) is 6.54 Å². The van der Waals surface area contributed by atoms with Crippen molar-refractivity contribution in [2.24, 2.45) is 5.92 Å². The summed E-state index contributed by atoms with van der Waals surface area (Å²) in [5, 5.41) is 8.96. The number of aryl methyl sites for hydroxylation is 1. The molecule has 1 aromatic rings. The maximum atomic E-state index is 10.9. The minimum Gasteiger partial charge on any atom is -0.481 e. The summed E-state index contributed by atoms with van der Waals surface area (Å²) in [5.74, 6) is -0.755. The van der Waals surface area contributed by atoms with Crippen molar-refractivity contribution in [3.05, 3.63) is 35.4 Å². The van der Waals surface area contributed by atoms with E-state index in [0.717, 1.165) is 45.3 Å². The normalized spacial score (nSPS) is 17.5. The fraction of sp³-hybridized carbons (Fsp3) is 0.562. The molecule has 1 aliphatic heterocycles. The zero-order chi connectivity index (χ0) is 13.7. The predicted molar refractivity (Wildman–Crippen MR) is 76.3 cm³/mol. The van der Waals surface area contributed by atoms with Crippen LogP contribution in [0.25, 0.3) is 0 Å². The van der Waals surface area contributed by atoms with Crippen LogP contribution >= 0.6 is 0 Å². The molecule has 0 amide bonds. The van der Waals surface area contributed by atoms with E-state index in [2.05, 4.69) is 36.1 Å². The third-order valence-corrected chi connectivity index (χ3v) is 4.08. The average Bonchev–Trinajstić information content (AvgIpc) is 2.46. The first-order chi connectivity index (χ1) is 9.19. The Hall–Kier alpha value is -1.35. The lowest BCUT2D eigenvalue weighted by Crippen LogP contribution is -2.37. The number of likely N-dealkylation sites (tertiary alicyclic amines) is 1. The molecule has 1 aromatic carbocycles. The van der Waals surface area contributed by atoms with Gasteiger partial charge >= 0.3 is 5.97 Å². The Morgan fingerprint density at radius 1 is 1.21 bits per heavy atom. The Bertz CT molecular complexity index is 405. The molecular weight excluding hydrogens is 238 g/mol. The van der Waals surface area contributed by atoms with Gasteiger partial charge < -0.3 is 10.0 Å². The fourth-order valence-electron chi connectivity index (χ4n) is 2.63. The molecule has 0 aromatic heterocycles. The second-order valence-electron chi connectivity index (χ2n) is 5.37. The van der Waals surface area contributed by atoms with Gasteiger partial charge in [-0.25, -0.2) is 0 Å². The number of carbonyl (C=O) groups is 1. The first-order valence-corrected chi connectivity index (χ1v) is 7.22. The first kappa shape index (κ1) is 14.1. The third kappa shape index (κ3) is 4.06. The minimum atomic E-state index is -0.630. The van der Waals surface area contributed by atoms with Crippen molar-refractivity contribution in [3.63, 3.8) is 0 Å². The van der Waals surface area contributed by atoms with Gasteiger partial charge in [-0.15, -0.1) is 0 Å². The van der Waals surface area contributed by atoms with Gasteiger partial charge in [-0.1, -0.05) is 31.2 Å². The third-order valence-electron chi connectivity index (χ3n) is 4.08. The lowest BCUT2D eigenvalue weighted by Gasteiger charge is -2.29. The second-order valence-corrected chi connectivity index (χ2v) is 5.37. The largest absolute Gasteiger partial charge is 0.481 e. The van der Waals surface area contributed by atoms with Gasteiger partial charge in [0.1, 0.15) is 0 Å². The number of aliphatic carboxylic acids is 1. The summed E-state index contributed by atoms with van der Waals surface area (Å²) in [6, 6.07) is 8.82. The van der Waals surface area contributed by atoms with Crippen LogP contribution in [0.15, 0.2) is 24.3 Å². The summed E-state index contributed by atoms with van der Waals surface area (Å²) in [5.41, 5.74) is 2.75. The number of benzene rings is 1. The van der Waals surface area contributed by atoms with E-state index < -0.39 is 5.97 Å². The molecule has 0 unspecified atom stereocenters. The molecule has 0 aliphatic carbocycles. The summed E-state index contributed by atoms with van der Waals surface area (Å²) in [7, 11) is 0. The topological polar surface area (TPSA) is 40.5 Å². The molecule has 2 rings (SSSR count). The lowest BCUT2D eigenvalue weighted by atomic mass is 9.97. The summed E-state index contributed by atoms with van der Waals surface area (Å²) < 4.78 is 0. The van der Waals surface area contributed by atoms with Crippen LogP contribution in [-0.4, -0.2) is 35.6 Å². The molecule has 104 valence electrons. The summed E-state index contributed by atoms with van der Waals surface area (Å²) in [4.78, 5) is 13.3. The molecular formula is C16H23NO2. The minimum absolute atomic E-state index is 0.125. The maximum Gasteiger partial charge on any atom is 0.306 e. The highest BCUT2D eigenvalue weighted by Gasteiger charge is 2.23. The standard InChI is InChI=1S/C16H23NO2/c1-2-13-3-5-14(6-4-13)7-10-17-11-8-15(9-12-17)16(18)19/h3-6,15H,2,7-12H2,1H3,(H,18,19). The van der Waals surface area contributed by atoms with E-state index in [1.54, 1.807) is 0 Å². The molecule has 1 saturated heterocycles. The molecule has 3 heteroatoms. The van der Waals surface area contributed by atoms with Gasteiger partial charge in [0.25, 0.3) is 0 Å². The smallest absolute Gasteiger partial charge is 0.306 e. The quantitative estimate of drug-likeness (QED) is 0.885. The van der Waals surface area contributed by atoms with Gasteiger partial charge in [-0.3, -0.25) is 4.79 Å². The highest BCUT2D eigenvalue weighted by molar-refractivity contribution is 5.70. The van der Waals surface area contributed by atoms with E-state index in [9.17, 15) is 4.79 Å². The van der Waals surface area contributed by atoms with E-state index in [4.69, 9.17) is 5.11 Å². The van der Waals surface area contributed by atoms with Crippen molar-refractivity contribution in [1.29, 1.82) is 0 Å². The molecule has 0 bridgehead atoms. The van der Waals surface area contributed by atoms with E-state index in [1.165, 1.54) is 11.1 Å². The fourth-order valence-corrected chi connectivity index (χ4v) is 2.63. The molecule has 3 nitrogen and oxygen atoms in total. The van der Waals surface area contributed by atoms with Crippen LogP contribution in [-0.2, 0) is 17.6 Å². The Balaban J connectivity index is 1.75. The Labute approximate surface area is 115 Å². The molecule has 0 spiro atoms. The van der Waals surface area contributed by atoms with Crippen LogP contribution in [0.1, 0.15) is 30.9 Å². The van der Waals surface area contributed by atoms with Crippen LogP contribution < -0.4 is 0 Å². The second kappa shape index (κ2) is 6.71. The van der Waals surface area contributed by atoms with E-state index >= 15 is 0 Å². The van der Waals surface area contributed by atoms with Gasteiger partial charge in [0.05, 0.1) is 5.92 Å². The molecule has 1 heterocycles. The molecule has 0 saturated carbocycles. The van der Waals surface area contributed by atoms with Crippen molar-refractivity contribution in [3.8, 4) is 0 Å². The number of rotatable bonds is 5. The lowest BCUT2D eigenvalue weighted by molar-refractivity contribution is -0.143. The van der Waals surface area contributed by atoms with Crippen molar-refractivity contribution < 1.29 is 9.90 Å². The zero-order valence-corrected chi connectivity index (χ0v) is 11.6. The van der Waals surface area contributed by atoms with Gasteiger partial charge in [-0.05, 0) is 49.9 Å². The molecule has 0 atom stereocenters. The number of piperidine rings is 1. The van der Waals surface area contributed by atoms with Crippen molar-refractivity contribution in [2.75, 3.05) is 19.6 Å². The number of carboxylic acid groups (broad SMARTS) is 1. The number of hydrogen-bond acceptors (Lipinski definition) is 2. The number of hydrogen-bond donors (Lipinski definition) is 1. The van der Waals surface area contributed by atoms with E-state index in [1.807, 2.05) is 0 Å². The van der Waals surface area contributed by atoms with Crippen LogP contribution in [0.5, 0.6) is 0 Å². The Morgan fingerprint density at radius 3 is 2.32 bits per heavy atom. The maximum absolute atomic E-state index is 10.9. The van der Waals surface area contributed by atoms with E-state index in [-0.39, 0.29) is 5.92 Å². The SMILES string of the molecule is CCc1ccc(CCN2CCC(C(=O)O)CC2)cc1. The number of nitrogens with zero attached hydrogens (tertiary/aromatic N) is 1. The molecule has 0 radical (unpaired) electrons. The Morgan fingerprint density at radius 2 is 1.79 bits per heavy atom. The summed E-state index contributed by atoms with van der Waals surface area (Å²) in [6.07, 6.45) is 3.74. The van der Waals surface area contributed by atoms with Crippen LogP contribution in [0, 0.1) is 5.92 Å². The summed E-state index contributed by atoms with van der Waals surface area (Å²) >= 11 is 0. The molecule has 1 fully saturated rings. The van der Waals surface area contributed by atoms with Gasteiger partial charge in [-0.2, -0.15) is 0 Å². The van der Waals surface area contributed by atoms with Crippen LogP contribution in [0.3, 0.4) is 0 Å². The first-order valence-electron chi connectivity index (χ1n) is 7.22. The highest BCUT2D eigenvalue weighted by atomic mass is 16.4. The Kier molecular flexibility index (Phi) is 4.97. The zero-order valence-electron chi connectivity index (χ0n) is 11.6.